The van der Waals surface area contributed by atoms with Crippen LogP contribution in [0.25, 0.3) is 0 Å². The van der Waals surface area contributed by atoms with Gasteiger partial charge in [-0.3, -0.25) is 0 Å². The van der Waals surface area contributed by atoms with Crippen LogP contribution in [0.1, 0.15) is 51.2 Å². The van der Waals surface area contributed by atoms with Gasteiger partial charge in [0.15, 0.2) is 0 Å². The molecule has 0 aliphatic heterocycles. The van der Waals surface area contributed by atoms with E-state index in [9.17, 15) is 0 Å². The topological polar surface area (TPSA) is 9.23 Å². The van der Waals surface area contributed by atoms with Crippen molar-refractivity contribution in [1.29, 1.82) is 0 Å². The molecule has 1 aromatic carbocycles. The average Bonchev–Trinajstić information content (AvgIpc) is 2.28. The first kappa shape index (κ1) is 13.6. The van der Waals surface area contributed by atoms with Crippen molar-refractivity contribution in [2.75, 3.05) is 7.11 Å². The van der Waals surface area contributed by atoms with Gasteiger partial charge in [-0.15, -0.1) is 0 Å². The summed E-state index contributed by atoms with van der Waals surface area (Å²) in [6.07, 6.45) is 4.03. The molecule has 0 radical (unpaired) electrons. The monoisotopic (exact) mass is 246 g/mol. The van der Waals surface area contributed by atoms with Gasteiger partial charge < -0.3 is 4.74 Å². The molecule has 1 saturated carbocycles. The Balaban J connectivity index is 2.18. The summed E-state index contributed by atoms with van der Waals surface area (Å²) in [4.78, 5) is 0. The second kappa shape index (κ2) is 5.44. The van der Waals surface area contributed by atoms with Crippen molar-refractivity contribution in [2.24, 2.45) is 11.8 Å². The molecule has 0 aromatic heterocycles. The minimum atomic E-state index is 0.364. The number of hydrogen-bond donors (Lipinski definition) is 0. The van der Waals surface area contributed by atoms with Crippen LogP contribution in [-0.2, 0) is 16.8 Å². The minimum Gasteiger partial charge on any atom is -0.380 e. The highest BCUT2D eigenvalue weighted by Crippen LogP contribution is 2.44. The number of rotatable bonds is 3. The summed E-state index contributed by atoms with van der Waals surface area (Å²) >= 11 is 0. The van der Waals surface area contributed by atoms with E-state index < -0.39 is 0 Å². The zero-order valence-electron chi connectivity index (χ0n) is 12.2. The molecule has 1 aliphatic carbocycles. The van der Waals surface area contributed by atoms with Crippen LogP contribution in [0.2, 0.25) is 0 Å². The molecule has 0 N–H and O–H groups in total. The fourth-order valence-electron chi connectivity index (χ4n) is 3.88. The summed E-state index contributed by atoms with van der Waals surface area (Å²) < 4.78 is 5.17. The molecule has 0 saturated heterocycles. The van der Waals surface area contributed by atoms with Gasteiger partial charge in [0.25, 0.3) is 0 Å². The van der Waals surface area contributed by atoms with E-state index in [0.29, 0.717) is 12.0 Å². The van der Waals surface area contributed by atoms with Gasteiger partial charge in [-0.25, -0.2) is 0 Å². The Bertz CT molecular complexity index is 369. The summed E-state index contributed by atoms with van der Waals surface area (Å²) in [5.74, 6) is 1.69. The third-order valence-electron chi connectivity index (χ3n) is 4.36. The Kier molecular flexibility index (Phi) is 4.11. The molecule has 18 heavy (non-hydrogen) atoms. The van der Waals surface area contributed by atoms with Gasteiger partial charge in [0.05, 0.1) is 6.61 Å². The SMILES string of the molecule is COCc1ccc(C2(C)C[C@H](C)C[C@@H](C)C2)cc1. The molecule has 100 valence electrons. The minimum absolute atomic E-state index is 0.364. The summed E-state index contributed by atoms with van der Waals surface area (Å²) in [6.45, 7) is 7.94. The van der Waals surface area contributed by atoms with Crippen LogP contribution in [0, 0.1) is 11.8 Å². The van der Waals surface area contributed by atoms with Gasteiger partial charge in [-0.1, -0.05) is 45.0 Å². The van der Waals surface area contributed by atoms with Crippen molar-refractivity contribution < 1.29 is 4.74 Å². The van der Waals surface area contributed by atoms with E-state index in [1.165, 1.54) is 30.4 Å². The van der Waals surface area contributed by atoms with E-state index in [-0.39, 0.29) is 0 Å². The zero-order chi connectivity index (χ0) is 13.2. The van der Waals surface area contributed by atoms with Gasteiger partial charge in [0.1, 0.15) is 0 Å². The van der Waals surface area contributed by atoms with Gasteiger partial charge in [-0.2, -0.15) is 0 Å². The Hall–Kier alpha value is -0.820. The maximum Gasteiger partial charge on any atom is 0.0713 e. The Morgan fingerprint density at radius 1 is 1.11 bits per heavy atom. The van der Waals surface area contributed by atoms with E-state index in [2.05, 4.69) is 45.0 Å². The van der Waals surface area contributed by atoms with Crippen molar-refractivity contribution in [1.82, 2.24) is 0 Å². The van der Waals surface area contributed by atoms with Gasteiger partial charge in [0, 0.05) is 7.11 Å². The Labute approximate surface area is 112 Å². The molecule has 2 atom stereocenters. The lowest BCUT2D eigenvalue weighted by atomic mass is 9.64. The van der Waals surface area contributed by atoms with Crippen molar-refractivity contribution in [3.05, 3.63) is 35.4 Å². The number of methoxy groups -OCH3 is 1. The first-order valence-corrected chi connectivity index (χ1v) is 7.12. The van der Waals surface area contributed by atoms with E-state index in [0.717, 1.165) is 11.8 Å². The molecule has 0 amide bonds. The predicted molar refractivity (Wildman–Crippen MR) is 76.7 cm³/mol. The maximum atomic E-state index is 5.17. The standard InChI is InChI=1S/C17H26O/c1-13-9-14(2)11-17(3,10-13)16-7-5-15(6-8-16)12-18-4/h5-8,13-14H,9-12H2,1-4H3/t13-,14-/m1/s1. The van der Waals surface area contributed by atoms with Crippen molar-refractivity contribution in [2.45, 2.75) is 52.1 Å². The smallest absolute Gasteiger partial charge is 0.0713 e. The average molecular weight is 246 g/mol. The lowest BCUT2D eigenvalue weighted by molar-refractivity contribution is 0.184. The summed E-state index contributed by atoms with van der Waals surface area (Å²) in [5.41, 5.74) is 3.13. The van der Waals surface area contributed by atoms with Crippen LogP contribution in [0.15, 0.2) is 24.3 Å². The molecular weight excluding hydrogens is 220 g/mol. The summed E-state index contributed by atoms with van der Waals surface area (Å²) in [5, 5.41) is 0. The fourth-order valence-corrected chi connectivity index (χ4v) is 3.88. The predicted octanol–water partition coefficient (Wildman–Crippen LogP) is 4.55. The van der Waals surface area contributed by atoms with E-state index in [1.807, 2.05) is 0 Å². The van der Waals surface area contributed by atoms with Crippen LogP contribution in [0.3, 0.4) is 0 Å². The van der Waals surface area contributed by atoms with Crippen molar-refractivity contribution in [3.63, 3.8) is 0 Å². The lowest BCUT2D eigenvalue weighted by Crippen LogP contribution is -2.32. The summed E-state index contributed by atoms with van der Waals surface area (Å²) in [7, 11) is 1.75. The van der Waals surface area contributed by atoms with Crippen LogP contribution in [0.5, 0.6) is 0 Å². The normalized spacial score (nSPS) is 32.4. The second-order valence-corrected chi connectivity index (χ2v) is 6.54. The molecule has 1 aromatic rings. The zero-order valence-corrected chi connectivity index (χ0v) is 12.2. The first-order valence-electron chi connectivity index (χ1n) is 7.12. The molecule has 0 unspecified atom stereocenters. The molecule has 2 rings (SSSR count). The fraction of sp³-hybridized carbons (Fsp3) is 0.647. The number of ether oxygens (including phenoxy) is 1. The second-order valence-electron chi connectivity index (χ2n) is 6.54. The molecule has 0 spiro atoms. The third-order valence-corrected chi connectivity index (χ3v) is 4.36. The molecule has 1 nitrogen and oxygen atoms in total. The third kappa shape index (κ3) is 2.95. The quantitative estimate of drug-likeness (QED) is 0.760. The van der Waals surface area contributed by atoms with Crippen LogP contribution >= 0.6 is 0 Å². The van der Waals surface area contributed by atoms with E-state index >= 15 is 0 Å². The van der Waals surface area contributed by atoms with Crippen LogP contribution in [-0.4, -0.2) is 7.11 Å². The molecule has 1 aliphatic rings. The van der Waals surface area contributed by atoms with Crippen molar-refractivity contribution in [3.8, 4) is 0 Å². The number of hydrogen-bond acceptors (Lipinski definition) is 1. The Morgan fingerprint density at radius 3 is 2.17 bits per heavy atom. The number of benzene rings is 1. The van der Waals surface area contributed by atoms with Crippen LogP contribution in [0.4, 0.5) is 0 Å². The largest absolute Gasteiger partial charge is 0.380 e. The van der Waals surface area contributed by atoms with E-state index in [4.69, 9.17) is 4.74 Å². The van der Waals surface area contributed by atoms with Crippen molar-refractivity contribution >= 4 is 0 Å². The lowest BCUT2D eigenvalue weighted by Gasteiger charge is -2.41. The molecule has 0 heterocycles. The summed E-state index contributed by atoms with van der Waals surface area (Å²) in [6, 6.07) is 9.04. The molecule has 1 heteroatoms. The molecule has 0 bridgehead atoms. The maximum absolute atomic E-state index is 5.17. The first-order chi connectivity index (χ1) is 8.53. The molecule has 1 fully saturated rings. The van der Waals surface area contributed by atoms with Gasteiger partial charge in [0.2, 0.25) is 0 Å². The van der Waals surface area contributed by atoms with Gasteiger partial charge >= 0.3 is 0 Å². The highest BCUT2D eigenvalue weighted by molar-refractivity contribution is 5.29. The highest BCUT2D eigenvalue weighted by atomic mass is 16.5. The van der Waals surface area contributed by atoms with Gasteiger partial charge in [-0.05, 0) is 47.6 Å². The van der Waals surface area contributed by atoms with E-state index in [1.54, 1.807) is 7.11 Å². The highest BCUT2D eigenvalue weighted by Gasteiger charge is 2.35. The Morgan fingerprint density at radius 2 is 1.67 bits per heavy atom. The molecular formula is C17H26O. The van der Waals surface area contributed by atoms with Crippen LogP contribution < -0.4 is 0 Å².